The highest BCUT2D eigenvalue weighted by Gasteiger charge is 2.20. The molecule has 1 aliphatic carbocycles. The maximum Gasteiger partial charge on any atom is -0.00744 e. The van der Waals surface area contributed by atoms with E-state index >= 15 is 0 Å². The van der Waals surface area contributed by atoms with Crippen molar-refractivity contribution in [2.45, 2.75) is 39.0 Å². The largest absolute Gasteiger partial charge is 0.330 e. The summed E-state index contributed by atoms with van der Waals surface area (Å²) in [6, 6.07) is 7.01. The predicted octanol–water partition coefficient (Wildman–Crippen LogP) is 2.87. The Morgan fingerprint density at radius 1 is 1.27 bits per heavy atom. The van der Waals surface area contributed by atoms with Crippen LogP contribution in [0.3, 0.4) is 0 Å². The first-order valence-electron chi connectivity index (χ1n) is 6.02. The van der Waals surface area contributed by atoms with Crippen LogP contribution in [0.5, 0.6) is 0 Å². The Morgan fingerprint density at radius 3 is 2.67 bits per heavy atom. The summed E-state index contributed by atoms with van der Waals surface area (Å²) in [5.41, 5.74) is 10.2. The molecule has 15 heavy (non-hydrogen) atoms. The van der Waals surface area contributed by atoms with Crippen molar-refractivity contribution in [3.63, 3.8) is 0 Å². The summed E-state index contributed by atoms with van der Waals surface area (Å²) in [4.78, 5) is 0. The first kappa shape index (κ1) is 10.7. The second-order valence-corrected chi connectivity index (χ2v) is 5.03. The molecule has 0 heterocycles. The van der Waals surface area contributed by atoms with Gasteiger partial charge in [-0.3, -0.25) is 0 Å². The van der Waals surface area contributed by atoms with Crippen LogP contribution >= 0.6 is 0 Å². The average Bonchev–Trinajstić information content (AvgIpc) is 2.59. The molecule has 1 nitrogen and oxygen atoms in total. The summed E-state index contributed by atoms with van der Waals surface area (Å²) in [6.07, 6.45) is 3.66. The van der Waals surface area contributed by atoms with Gasteiger partial charge < -0.3 is 5.73 Å². The Bertz CT molecular complexity index is 341. The molecule has 0 bridgehead atoms. The van der Waals surface area contributed by atoms with E-state index in [1.807, 2.05) is 0 Å². The molecule has 1 atom stereocenters. The zero-order chi connectivity index (χ0) is 10.8. The predicted molar refractivity (Wildman–Crippen MR) is 65.1 cm³/mol. The van der Waals surface area contributed by atoms with Gasteiger partial charge in [0.15, 0.2) is 0 Å². The van der Waals surface area contributed by atoms with Crippen molar-refractivity contribution in [2.75, 3.05) is 6.54 Å². The molecular formula is C14H21N. The average molecular weight is 203 g/mol. The molecule has 1 aromatic rings. The van der Waals surface area contributed by atoms with Crippen molar-refractivity contribution in [1.29, 1.82) is 0 Å². The number of hydrogen-bond acceptors (Lipinski definition) is 1. The van der Waals surface area contributed by atoms with Crippen molar-refractivity contribution in [1.82, 2.24) is 0 Å². The van der Waals surface area contributed by atoms with Crippen LogP contribution in [-0.4, -0.2) is 6.54 Å². The lowest BCUT2D eigenvalue weighted by Crippen LogP contribution is -2.08. The van der Waals surface area contributed by atoms with E-state index in [2.05, 4.69) is 32.0 Å². The van der Waals surface area contributed by atoms with Crippen molar-refractivity contribution < 1.29 is 0 Å². The number of rotatable bonds is 3. The quantitative estimate of drug-likeness (QED) is 0.803. The smallest absolute Gasteiger partial charge is 0.00744 e. The Labute approximate surface area is 92.7 Å². The van der Waals surface area contributed by atoms with Gasteiger partial charge in [0.2, 0.25) is 0 Å². The summed E-state index contributed by atoms with van der Waals surface area (Å²) in [6.45, 7) is 5.35. The van der Waals surface area contributed by atoms with Gasteiger partial charge in [-0.05, 0) is 54.3 Å². The highest BCUT2D eigenvalue weighted by Crippen LogP contribution is 2.30. The van der Waals surface area contributed by atoms with Crippen LogP contribution in [0.4, 0.5) is 0 Å². The number of nitrogens with two attached hydrogens (primary N) is 1. The lowest BCUT2D eigenvalue weighted by atomic mass is 9.98. The van der Waals surface area contributed by atoms with Crippen molar-refractivity contribution in [3.8, 4) is 0 Å². The number of fused-ring (bicyclic) bond motifs is 1. The molecule has 1 aliphatic rings. The fraction of sp³-hybridized carbons (Fsp3) is 0.571. The van der Waals surface area contributed by atoms with E-state index in [0.29, 0.717) is 5.92 Å². The molecule has 0 aliphatic heterocycles. The van der Waals surface area contributed by atoms with Crippen LogP contribution in [0, 0.1) is 5.92 Å². The van der Waals surface area contributed by atoms with Gasteiger partial charge in [0.05, 0.1) is 0 Å². The first-order valence-corrected chi connectivity index (χ1v) is 6.02. The van der Waals surface area contributed by atoms with Gasteiger partial charge in [-0.25, -0.2) is 0 Å². The molecule has 2 N–H and O–H groups in total. The minimum atomic E-state index is 0.642. The van der Waals surface area contributed by atoms with Crippen LogP contribution in [-0.2, 0) is 12.8 Å². The lowest BCUT2D eigenvalue weighted by molar-refractivity contribution is 0.522. The lowest BCUT2D eigenvalue weighted by Gasteiger charge is -2.07. The van der Waals surface area contributed by atoms with Crippen molar-refractivity contribution in [2.24, 2.45) is 11.7 Å². The van der Waals surface area contributed by atoms with E-state index in [1.54, 1.807) is 11.1 Å². The maximum atomic E-state index is 5.62. The minimum absolute atomic E-state index is 0.642. The highest BCUT2D eigenvalue weighted by molar-refractivity contribution is 5.37. The molecule has 1 heteroatoms. The molecule has 0 radical (unpaired) electrons. The normalized spacial score (nSPS) is 19.6. The highest BCUT2D eigenvalue weighted by atomic mass is 14.5. The third-order valence-corrected chi connectivity index (χ3v) is 3.49. The zero-order valence-electron chi connectivity index (χ0n) is 9.79. The standard InChI is InChI=1S/C14H21N/c1-10(2)12-3-4-13-7-11(5-6-15)8-14(13)9-12/h3-4,9-11H,5-8,15H2,1-2H3. The molecule has 0 saturated carbocycles. The second-order valence-electron chi connectivity index (χ2n) is 5.03. The van der Waals surface area contributed by atoms with Crippen molar-refractivity contribution >= 4 is 0 Å². The summed E-state index contributed by atoms with van der Waals surface area (Å²) < 4.78 is 0. The molecule has 0 fully saturated rings. The fourth-order valence-corrected chi connectivity index (χ4v) is 2.53. The Kier molecular flexibility index (Phi) is 3.11. The second kappa shape index (κ2) is 4.36. The van der Waals surface area contributed by atoms with E-state index in [0.717, 1.165) is 12.5 Å². The van der Waals surface area contributed by atoms with E-state index in [4.69, 9.17) is 5.73 Å². The molecule has 1 aromatic carbocycles. The Hall–Kier alpha value is -0.820. The monoisotopic (exact) mass is 203 g/mol. The minimum Gasteiger partial charge on any atom is -0.330 e. The molecule has 0 spiro atoms. The Morgan fingerprint density at radius 2 is 2.00 bits per heavy atom. The molecular weight excluding hydrogens is 182 g/mol. The van der Waals surface area contributed by atoms with Crippen LogP contribution in [0.25, 0.3) is 0 Å². The molecule has 2 rings (SSSR count). The van der Waals surface area contributed by atoms with Gasteiger partial charge in [0.1, 0.15) is 0 Å². The van der Waals surface area contributed by atoms with Crippen LogP contribution in [0.15, 0.2) is 18.2 Å². The molecule has 82 valence electrons. The van der Waals surface area contributed by atoms with Gasteiger partial charge in [0.25, 0.3) is 0 Å². The third kappa shape index (κ3) is 2.23. The summed E-state index contributed by atoms with van der Waals surface area (Å²) in [5.74, 6) is 1.44. The van der Waals surface area contributed by atoms with Gasteiger partial charge in [-0.2, -0.15) is 0 Å². The molecule has 0 amide bonds. The van der Waals surface area contributed by atoms with Crippen LogP contribution < -0.4 is 5.73 Å². The molecule has 0 saturated heterocycles. The van der Waals surface area contributed by atoms with Gasteiger partial charge in [-0.1, -0.05) is 32.0 Å². The van der Waals surface area contributed by atoms with Gasteiger partial charge in [0, 0.05) is 0 Å². The fourth-order valence-electron chi connectivity index (χ4n) is 2.53. The number of hydrogen-bond donors (Lipinski definition) is 1. The third-order valence-electron chi connectivity index (χ3n) is 3.49. The SMILES string of the molecule is CC(C)c1ccc2c(c1)CC(CCN)C2. The van der Waals surface area contributed by atoms with E-state index in [1.165, 1.54) is 24.8 Å². The van der Waals surface area contributed by atoms with Gasteiger partial charge >= 0.3 is 0 Å². The van der Waals surface area contributed by atoms with Crippen LogP contribution in [0.2, 0.25) is 0 Å². The number of benzene rings is 1. The summed E-state index contributed by atoms with van der Waals surface area (Å²) in [7, 11) is 0. The summed E-state index contributed by atoms with van der Waals surface area (Å²) >= 11 is 0. The molecule has 0 aromatic heterocycles. The van der Waals surface area contributed by atoms with E-state index < -0.39 is 0 Å². The summed E-state index contributed by atoms with van der Waals surface area (Å²) in [5, 5.41) is 0. The maximum absolute atomic E-state index is 5.62. The Balaban J connectivity index is 2.16. The first-order chi connectivity index (χ1) is 7.20. The van der Waals surface area contributed by atoms with Crippen LogP contribution in [0.1, 0.15) is 42.9 Å². The topological polar surface area (TPSA) is 26.0 Å². The zero-order valence-corrected chi connectivity index (χ0v) is 9.79. The van der Waals surface area contributed by atoms with E-state index in [-0.39, 0.29) is 0 Å². The molecule has 1 unspecified atom stereocenters. The van der Waals surface area contributed by atoms with E-state index in [9.17, 15) is 0 Å². The van der Waals surface area contributed by atoms with Crippen molar-refractivity contribution in [3.05, 3.63) is 34.9 Å². The van der Waals surface area contributed by atoms with Gasteiger partial charge in [-0.15, -0.1) is 0 Å².